The van der Waals surface area contributed by atoms with Gasteiger partial charge in [0, 0.05) is 17.2 Å². The number of halogens is 1. The second-order valence-electron chi connectivity index (χ2n) is 4.46. The summed E-state index contributed by atoms with van der Waals surface area (Å²) in [4.78, 5) is 25.6. The molecule has 0 spiro atoms. The second kappa shape index (κ2) is 4.75. The van der Waals surface area contributed by atoms with E-state index in [0.717, 1.165) is 4.47 Å². The Hall–Kier alpha value is -2.15. The standard InChI is InChI=1S/C13H11BrN4O2/c14-8-1-2-9-10(7-8)13(20)18(12(9)19)6-5-17-4-3-11(15)16-17/h1-4,7H,5-6H2,(H2,15,16). The molecule has 2 aromatic rings. The number of amides is 2. The van der Waals surface area contributed by atoms with E-state index in [0.29, 0.717) is 23.5 Å². The number of benzene rings is 1. The van der Waals surface area contributed by atoms with Crippen LogP contribution in [0.4, 0.5) is 5.82 Å². The van der Waals surface area contributed by atoms with Gasteiger partial charge in [0.15, 0.2) is 0 Å². The fraction of sp³-hybridized carbons (Fsp3) is 0.154. The number of nitrogens with zero attached hydrogens (tertiary/aromatic N) is 3. The van der Waals surface area contributed by atoms with E-state index in [-0.39, 0.29) is 18.4 Å². The molecule has 0 unspecified atom stereocenters. The van der Waals surface area contributed by atoms with Crippen molar-refractivity contribution in [3.8, 4) is 0 Å². The van der Waals surface area contributed by atoms with Crippen LogP contribution in [0.25, 0.3) is 0 Å². The number of imide groups is 1. The molecule has 0 atom stereocenters. The highest BCUT2D eigenvalue weighted by Crippen LogP contribution is 2.25. The van der Waals surface area contributed by atoms with Crippen molar-refractivity contribution in [3.63, 3.8) is 0 Å². The molecule has 1 aromatic carbocycles. The molecule has 1 aliphatic heterocycles. The molecule has 2 amide bonds. The lowest BCUT2D eigenvalue weighted by molar-refractivity contribution is 0.0647. The Labute approximate surface area is 123 Å². The molecule has 20 heavy (non-hydrogen) atoms. The summed E-state index contributed by atoms with van der Waals surface area (Å²) in [5.41, 5.74) is 6.40. The molecule has 2 heterocycles. The summed E-state index contributed by atoms with van der Waals surface area (Å²) in [7, 11) is 0. The van der Waals surface area contributed by atoms with Crippen molar-refractivity contribution in [2.24, 2.45) is 0 Å². The molecule has 2 N–H and O–H groups in total. The Kier molecular flexibility index (Phi) is 3.06. The number of carbonyl (C=O) groups is 2. The van der Waals surface area contributed by atoms with Crippen LogP contribution < -0.4 is 5.73 Å². The van der Waals surface area contributed by atoms with Crippen molar-refractivity contribution in [2.45, 2.75) is 6.54 Å². The van der Waals surface area contributed by atoms with E-state index in [1.807, 2.05) is 0 Å². The highest BCUT2D eigenvalue weighted by Gasteiger charge is 2.35. The number of nitrogens with two attached hydrogens (primary N) is 1. The first-order chi connectivity index (χ1) is 9.56. The van der Waals surface area contributed by atoms with Crippen molar-refractivity contribution in [1.82, 2.24) is 14.7 Å². The summed E-state index contributed by atoms with van der Waals surface area (Å²) in [6.07, 6.45) is 1.71. The Bertz CT molecular complexity index is 710. The van der Waals surface area contributed by atoms with Gasteiger partial charge in [-0.3, -0.25) is 19.2 Å². The lowest BCUT2D eigenvalue weighted by Crippen LogP contribution is -2.33. The molecule has 1 aromatic heterocycles. The highest BCUT2D eigenvalue weighted by atomic mass is 79.9. The zero-order valence-electron chi connectivity index (χ0n) is 10.4. The monoisotopic (exact) mass is 334 g/mol. The number of hydrogen-bond donors (Lipinski definition) is 1. The van der Waals surface area contributed by atoms with Crippen LogP contribution in [-0.4, -0.2) is 33.0 Å². The van der Waals surface area contributed by atoms with E-state index in [2.05, 4.69) is 21.0 Å². The van der Waals surface area contributed by atoms with E-state index in [1.165, 1.54) is 4.90 Å². The normalized spacial score (nSPS) is 13.9. The minimum absolute atomic E-state index is 0.266. The molecule has 0 aliphatic carbocycles. The van der Waals surface area contributed by atoms with Gasteiger partial charge < -0.3 is 5.73 Å². The Morgan fingerprint density at radius 1 is 1.10 bits per heavy atom. The molecular weight excluding hydrogens is 324 g/mol. The number of rotatable bonds is 3. The number of hydrogen-bond acceptors (Lipinski definition) is 4. The van der Waals surface area contributed by atoms with Crippen LogP contribution in [0.2, 0.25) is 0 Å². The maximum Gasteiger partial charge on any atom is 0.261 e. The first kappa shape index (κ1) is 12.9. The van der Waals surface area contributed by atoms with Gasteiger partial charge in [-0.25, -0.2) is 0 Å². The lowest BCUT2D eigenvalue weighted by Gasteiger charge is -2.13. The number of nitrogen functional groups attached to an aromatic ring is 1. The molecule has 0 saturated carbocycles. The highest BCUT2D eigenvalue weighted by molar-refractivity contribution is 9.10. The third-order valence-corrected chi connectivity index (χ3v) is 3.64. The van der Waals surface area contributed by atoms with Gasteiger partial charge in [0.25, 0.3) is 11.8 Å². The number of aromatic nitrogens is 2. The van der Waals surface area contributed by atoms with Gasteiger partial charge in [0.1, 0.15) is 5.82 Å². The predicted octanol–water partition coefficient (Wildman–Crippen LogP) is 1.52. The maximum absolute atomic E-state index is 12.2. The summed E-state index contributed by atoms with van der Waals surface area (Å²) in [5.74, 6) is -0.125. The third-order valence-electron chi connectivity index (χ3n) is 3.15. The summed E-state index contributed by atoms with van der Waals surface area (Å²) in [6, 6.07) is 6.74. The fourth-order valence-electron chi connectivity index (χ4n) is 2.17. The Balaban J connectivity index is 1.79. The Morgan fingerprint density at radius 2 is 1.85 bits per heavy atom. The smallest absolute Gasteiger partial charge is 0.261 e. The largest absolute Gasteiger partial charge is 0.382 e. The van der Waals surface area contributed by atoms with Gasteiger partial charge in [-0.05, 0) is 24.3 Å². The van der Waals surface area contributed by atoms with Crippen molar-refractivity contribution < 1.29 is 9.59 Å². The molecule has 6 nitrogen and oxygen atoms in total. The van der Waals surface area contributed by atoms with Crippen molar-refractivity contribution in [2.75, 3.05) is 12.3 Å². The first-order valence-electron chi connectivity index (χ1n) is 6.01. The van der Waals surface area contributed by atoms with Crippen LogP contribution in [0.1, 0.15) is 20.7 Å². The van der Waals surface area contributed by atoms with E-state index in [4.69, 9.17) is 5.73 Å². The van der Waals surface area contributed by atoms with Gasteiger partial charge in [-0.1, -0.05) is 15.9 Å². The molecule has 0 bridgehead atoms. The topological polar surface area (TPSA) is 81.2 Å². The first-order valence-corrected chi connectivity index (χ1v) is 6.80. The predicted molar refractivity (Wildman–Crippen MR) is 76.1 cm³/mol. The third kappa shape index (κ3) is 2.09. The lowest BCUT2D eigenvalue weighted by atomic mass is 10.1. The van der Waals surface area contributed by atoms with Gasteiger partial charge in [-0.2, -0.15) is 5.10 Å². The van der Waals surface area contributed by atoms with Crippen molar-refractivity contribution >= 4 is 33.6 Å². The minimum Gasteiger partial charge on any atom is -0.382 e. The summed E-state index contributed by atoms with van der Waals surface area (Å²) in [5, 5.41) is 4.02. The average Bonchev–Trinajstić information content (AvgIpc) is 2.92. The molecule has 0 fully saturated rings. The fourth-order valence-corrected chi connectivity index (χ4v) is 2.53. The van der Waals surface area contributed by atoms with Crippen LogP contribution >= 0.6 is 15.9 Å². The minimum atomic E-state index is -0.272. The number of anilines is 1. The zero-order chi connectivity index (χ0) is 14.3. The Morgan fingerprint density at radius 3 is 2.55 bits per heavy atom. The molecular formula is C13H11BrN4O2. The molecule has 1 aliphatic rings. The van der Waals surface area contributed by atoms with E-state index < -0.39 is 0 Å². The molecule has 0 saturated heterocycles. The van der Waals surface area contributed by atoms with Crippen LogP contribution in [0, 0.1) is 0 Å². The maximum atomic E-state index is 12.2. The van der Waals surface area contributed by atoms with E-state index in [1.54, 1.807) is 35.1 Å². The summed E-state index contributed by atoms with van der Waals surface area (Å²) in [6.45, 7) is 0.689. The molecule has 102 valence electrons. The average molecular weight is 335 g/mol. The van der Waals surface area contributed by atoms with Crippen LogP contribution in [0.5, 0.6) is 0 Å². The van der Waals surface area contributed by atoms with Crippen LogP contribution in [0.3, 0.4) is 0 Å². The molecule has 7 heteroatoms. The summed E-state index contributed by atoms with van der Waals surface area (Å²) < 4.78 is 2.38. The summed E-state index contributed by atoms with van der Waals surface area (Å²) >= 11 is 3.30. The van der Waals surface area contributed by atoms with E-state index in [9.17, 15) is 9.59 Å². The van der Waals surface area contributed by atoms with Gasteiger partial charge in [0.2, 0.25) is 0 Å². The molecule has 3 rings (SSSR count). The van der Waals surface area contributed by atoms with Gasteiger partial charge >= 0.3 is 0 Å². The van der Waals surface area contributed by atoms with Gasteiger partial charge in [-0.15, -0.1) is 0 Å². The quantitative estimate of drug-likeness (QED) is 0.863. The number of fused-ring (bicyclic) bond motifs is 1. The zero-order valence-corrected chi connectivity index (χ0v) is 12.0. The second-order valence-corrected chi connectivity index (χ2v) is 5.37. The van der Waals surface area contributed by atoms with Crippen molar-refractivity contribution in [3.05, 3.63) is 46.1 Å². The number of carbonyl (C=O) groups excluding carboxylic acids is 2. The van der Waals surface area contributed by atoms with E-state index >= 15 is 0 Å². The van der Waals surface area contributed by atoms with Gasteiger partial charge in [0.05, 0.1) is 17.7 Å². The SMILES string of the molecule is Nc1ccn(CCN2C(=O)c3ccc(Br)cc3C2=O)n1. The van der Waals surface area contributed by atoms with Crippen molar-refractivity contribution in [1.29, 1.82) is 0 Å². The molecule has 0 radical (unpaired) electrons. The van der Waals surface area contributed by atoms with Crippen LogP contribution in [0.15, 0.2) is 34.9 Å². The van der Waals surface area contributed by atoms with Crippen LogP contribution in [-0.2, 0) is 6.54 Å².